The third-order valence-electron chi connectivity index (χ3n) is 9.43. The Balaban J connectivity index is 1.15. The first-order chi connectivity index (χ1) is 25.6. The zero-order chi connectivity index (χ0) is 35.5. The van der Waals surface area contributed by atoms with Gasteiger partial charge >= 0.3 is 0 Å². The minimum atomic E-state index is 0.291. The minimum absolute atomic E-state index is 0.291. The van der Waals surface area contributed by atoms with Gasteiger partial charge < -0.3 is 29.2 Å². The zero-order valence-corrected chi connectivity index (χ0v) is 29.3. The highest BCUT2D eigenvalue weighted by molar-refractivity contribution is 5.50. The summed E-state index contributed by atoms with van der Waals surface area (Å²) in [7, 11) is 0. The van der Waals surface area contributed by atoms with Crippen molar-refractivity contribution in [2.45, 2.75) is 38.5 Å². The number of rotatable bonds is 0. The van der Waals surface area contributed by atoms with Crippen LogP contribution in [0.15, 0.2) is 133 Å². The fourth-order valence-electron chi connectivity index (χ4n) is 6.69. The number of phenolic OH excluding ortho intramolecular Hbond substituents is 2. The number of ether oxygens (including phenoxy) is 4. The molecule has 6 nitrogen and oxygen atoms in total. The molecule has 6 aromatic rings. The van der Waals surface area contributed by atoms with Crippen molar-refractivity contribution in [1.29, 1.82) is 0 Å². The van der Waals surface area contributed by atoms with Crippen molar-refractivity contribution in [1.82, 2.24) is 0 Å². The third kappa shape index (κ3) is 8.52. The molecule has 0 saturated heterocycles. The van der Waals surface area contributed by atoms with E-state index >= 15 is 0 Å². The molecule has 0 unspecified atom stereocenters. The second-order valence-electron chi connectivity index (χ2n) is 13.1. The topological polar surface area (TPSA) is 77.4 Å². The summed E-state index contributed by atoms with van der Waals surface area (Å²) in [6.45, 7) is 1.93. The van der Waals surface area contributed by atoms with Crippen LogP contribution in [0.3, 0.4) is 0 Å². The SMILES string of the molecule is Oc1c2cccc1Cc1ccccc1OCCCOc1ccccc1Cc1cccc(c1O)Cc1ccccc1OCCCOc1ccccc1C2. The van der Waals surface area contributed by atoms with Gasteiger partial charge in [0.05, 0.1) is 26.4 Å². The second-order valence-corrected chi connectivity index (χ2v) is 13.1. The Kier molecular flexibility index (Phi) is 11.2. The number of aromatic hydroxyl groups is 2. The van der Waals surface area contributed by atoms with Crippen LogP contribution in [0.4, 0.5) is 0 Å². The Hall–Kier alpha value is -5.88. The Morgan fingerprint density at radius 2 is 0.519 bits per heavy atom. The van der Waals surface area contributed by atoms with Crippen LogP contribution in [0.1, 0.15) is 57.3 Å². The van der Waals surface area contributed by atoms with Crippen molar-refractivity contribution >= 4 is 0 Å². The maximum absolute atomic E-state index is 11.4. The molecule has 0 radical (unpaired) electrons. The van der Waals surface area contributed by atoms with Crippen molar-refractivity contribution in [2.24, 2.45) is 0 Å². The number of benzene rings is 6. The van der Waals surface area contributed by atoms with Gasteiger partial charge in [0.15, 0.2) is 0 Å². The predicted octanol–water partition coefficient (Wildman–Crippen LogP) is 9.47. The average Bonchev–Trinajstić information content (AvgIpc) is 3.16. The molecule has 0 atom stereocenters. The van der Waals surface area contributed by atoms with Crippen LogP contribution in [-0.2, 0) is 25.7 Å². The van der Waals surface area contributed by atoms with Crippen molar-refractivity contribution in [3.8, 4) is 34.5 Å². The molecule has 0 aromatic heterocycles. The van der Waals surface area contributed by atoms with Gasteiger partial charge in [-0.15, -0.1) is 0 Å². The molecule has 264 valence electrons. The van der Waals surface area contributed by atoms with Crippen molar-refractivity contribution in [2.75, 3.05) is 26.4 Å². The summed E-state index contributed by atoms with van der Waals surface area (Å²) in [5, 5.41) is 22.9. The van der Waals surface area contributed by atoms with E-state index in [1.54, 1.807) is 0 Å². The summed E-state index contributed by atoms with van der Waals surface area (Å²) in [4.78, 5) is 0. The predicted molar refractivity (Wildman–Crippen MR) is 204 cm³/mol. The van der Waals surface area contributed by atoms with Crippen LogP contribution < -0.4 is 18.9 Å². The lowest BCUT2D eigenvalue weighted by atomic mass is 9.97. The Bertz CT molecular complexity index is 1810. The van der Waals surface area contributed by atoms with E-state index < -0.39 is 0 Å². The van der Waals surface area contributed by atoms with E-state index in [-0.39, 0.29) is 0 Å². The maximum Gasteiger partial charge on any atom is 0.122 e. The molecule has 0 amide bonds. The van der Waals surface area contributed by atoms with Crippen LogP contribution in [0.2, 0.25) is 0 Å². The lowest BCUT2D eigenvalue weighted by Gasteiger charge is -2.17. The van der Waals surface area contributed by atoms with E-state index in [4.69, 9.17) is 18.9 Å². The normalized spacial score (nSPS) is 14.2. The number of phenols is 2. The first-order valence-electron chi connectivity index (χ1n) is 18.0. The highest BCUT2D eigenvalue weighted by Crippen LogP contribution is 2.34. The lowest BCUT2D eigenvalue weighted by molar-refractivity contribution is 0.245. The summed E-state index contributed by atoms with van der Waals surface area (Å²) in [6.07, 6.45) is 3.52. The first-order valence-corrected chi connectivity index (χ1v) is 18.0. The number of fused-ring (bicyclic) bond motifs is 8. The fourth-order valence-corrected chi connectivity index (χ4v) is 6.69. The van der Waals surface area contributed by atoms with Gasteiger partial charge in [-0.1, -0.05) is 109 Å². The monoisotopic (exact) mass is 692 g/mol. The molecule has 1 heterocycles. The van der Waals surface area contributed by atoms with E-state index in [2.05, 4.69) is 0 Å². The molecule has 1 aliphatic rings. The van der Waals surface area contributed by atoms with Gasteiger partial charge in [-0.3, -0.25) is 0 Å². The molecule has 52 heavy (non-hydrogen) atoms. The molecule has 6 heteroatoms. The van der Waals surface area contributed by atoms with Gasteiger partial charge in [-0.2, -0.15) is 0 Å². The average molecular weight is 693 g/mol. The summed E-state index contributed by atoms with van der Waals surface area (Å²) >= 11 is 0. The van der Waals surface area contributed by atoms with Gasteiger partial charge in [-0.05, 0) is 68.8 Å². The molecular weight excluding hydrogens is 649 g/mol. The molecule has 7 rings (SSSR count). The first kappa shape index (κ1) is 34.6. The minimum Gasteiger partial charge on any atom is -0.507 e. The Morgan fingerprint density at radius 3 is 0.788 bits per heavy atom. The molecule has 0 saturated carbocycles. The maximum atomic E-state index is 11.4. The summed E-state index contributed by atoms with van der Waals surface area (Å²) in [6, 6.07) is 43.8. The molecule has 1 aliphatic heterocycles. The Morgan fingerprint density at radius 1 is 0.288 bits per heavy atom. The third-order valence-corrected chi connectivity index (χ3v) is 9.43. The molecule has 0 spiro atoms. The van der Waals surface area contributed by atoms with Crippen LogP contribution in [-0.4, -0.2) is 36.6 Å². The molecule has 6 aromatic carbocycles. The Labute approximate surface area is 305 Å². The second kappa shape index (κ2) is 16.9. The molecule has 0 aliphatic carbocycles. The summed E-state index contributed by atoms with van der Waals surface area (Å²) < 4.78 is 25.1. The molecule has 4 bridgehead atoms. The van der Waals surface area contributed by atoms with Crippen molar-refractivity contribution < 1.29 is 29.2 Å². The van der Waals surface area contributed by atoms with Gasteiger partial charge in [0.25, 0.3) is 0 Å². The van der Waals surface area contributed by atoms with E-state index in [9.17, 15) is 10.2 Å². The number of hydrogen-bond donors (Lipinski definition) is 2. The van der Waals surface area contributed by atoms with Crippen molar-refractivity contribution in [3.63, 3.8) is 0 Å². The van der Waals surface area contributed by atoms with Gasteiger partial charge in [0, 0.05) is 38.5 Å². The quantitative estimate of drug-likeness (QED) is 0.165. The van der Waals surface area contributed by atoms with Crippen LogP contribution in [0, 0.1) is 0 Å². The lowest BCUT2D eigenvalue weighted by Crippen LogP contribution is -2.08. The molecular formula is C46H44O6. The summed E-state index contributed by atoms with van der Waals surface area (Å²) in [5.74, 6) is 3.75. The van der Waals surface area contributed by atoms with E-state index in [0.717, 1.165) is 67.5 Å². The highest BCUT2D eigenvalue weighted by atomic mass is 16.5. The van der Waals surface area contributed by atoms with Crippen molar-refractivity contribution in [3.05, 3.63) is 178 Å². The van der Waals surface area contributed by atoms with Gasteiger partial charge in [-0.25, -0.2) is 0 Å². The largest absolute Gasteiger partial charge is 0.507 e. The molecule has 2 N–H and O–H groups in total. The van der Waals surface area contributed by atoms with Crippen LogP contribution >= 0.6 is 0 Å². The van der Waals surface area contributed by atoms with Gasteiger partial charge in [0.1, 0.15) is 34.5 Å². The van der Waals surface area contributed by atoms with Crippen LogP contribution in [0.25, 0.3) is 0 Å². The number of hydrogen-bond acceptors (Lipinski definition) is 6. The van der Waals surface area contributed by atoms with E-state index in [1.165, 1.54) is 0 Å². The highest BCUT2D eigenvalue weighted by Gasteiger charge is 2.16. The van der Waals surface area contributed by atoms with Gasteiger partial charge in [0.2, 0.25) is 0 Å². The van der Waals surface area contributed by atoms with E-state index in [0.29, 0.717) is 76.5 Å². The zero-order valence-electron chi connectivity index (χ0n) is 29.3. The molecule has 0 fully saturated rings. The van der Waals surface area contributed by atoms with Crippen LogP contribution in [0.5, 0.6) is 34.5 Å². The summed E-state index contributed by atoms with van der Waals surface area (Å²) in [5.41, 5.74) is 7.39. The standard InChI is InChI=1S/C46H44O6/c47-45-37-17-9-18-38(45)30-34-14-2-6-22-42(34)51-27-12-28-52-44-24-8-4-16-36(44)32-40-20-10-19-39(46(40)48)31-35-15-3-7-23-43(35)50-26-11-25-49-41-21-5-1-13-33(41)29-37/h1-10,13-24,47-48H,11-12,25-32H2. The smallest absolute Gasteiger partial charge is 0.122 e. The fraction of sp³-hybridized carbons (Fsp3) is 0.217. The number of para-hydroxylation sites is 6. The van der Waals surface area contributed by atoms with E-state index in [1.807, 2.05) is 133 Å².